The Morgan fingerprint density at radius 1 is 1.03 bits per heavy atom. The Morgan fingerprint density at radius 2 is 1.76 bits per heavy atom. The van der Waals surface area contributed by atoms with Gasteiger partial charge in [0.05, 0.1) is 10.4 Å². The Bertz CT molecular complexity index is 1090. The molecule has 0 amide bonds. The van der Waals surface area contributed by atoms with Crippen LogP contribution in [0.25, 0.3) is 10.9 Å². The molecule has 0 radical (unpaired) electrons. The van der Waals surface area contributed by atoms with Crippen LogP contribution in [0.15, 0.2) is 56.3 Å². The quantitative estimate of drug-likeness (QED) is 0.358. The van der Waals surface area contributed by atoms with Gasteiger partial charge in [-0.25, -0.2) is 13.9 Å². The van der Waals surface area contributed by atoms with Crippen LogP contribution in [0.5, 0.6) is 0 Å². The number of fused-ring (bicyclic) bond motifs is 1. The molecule has 2 N–H and O–H groups in total. The fourth-order valence-electron chi connectivity index (χ4n) is 3.82. The summed E-state index contributed by atoms with van der Waals surface area (Å²) in [5, 5.41) is 4.56. The lowest BCUT2D eigenvalue weighted by Gasteiger charge is -2.22. The van der Waals surface area contributed by atoms with Crippen molar-refractivity contribution in [2.45, 2.75) is 37.0 Å². The minimum absolute atomic E-state index is 0.753. The van der Waals surface area contributed by atoms with E-state index in [4.69, 9.17) is 0 Å². The molecule has 3 aromatic rings. The van der Waals surface area contributed by atoms with Gasteiger partial charge < -0.3 is 10.2 Å². The molecule has 1 heterocycles. The number of halogens is 2. The highest BCUT2D eigenvalue weighted by Crippen LogP contribution is 2.26. The SMILES string of the molecule is CN(C)c1nc(NCC2CCCCC2)nc2ccccc12.CNS(=O)c1ccc(Br)c(Br)c1. The molecule has 4 rings (SSSR count). The first-order chi connectivity index (χ1) is 15.9. The molecule has 1 unspecified atom stereocenters. The molecule has 1 aliphatic rings. The standard InChI is InChI=1S/C17H24N4.C7H7Br2NOS/c1-21(2)16-14-10-6-7-11-15(14)19-17(20-16)18-12-13-8-4-3-5-9-13;1-10-12(11)5-2-3-6(8)7(9)4-5/h6-7,10-11,13H,3-5,8-9,12H2,1-2H3,(H,18,19,20);2-4,10H,1H3. The van der Waals surface area contributed by atoms with Crippen molar-refractivity contribution >= 4 is 65.5 Å². The summed E-state index contributed by atoms with van der Waals surface area (Å²) in [7, 11) is 4.60. The molecule has 9 heteroatoms. The largest absolute Gasteiger partial charge is 0.362 e. The number of hydrogen-bond acceptors (Lipinski definition) is 5. The second kappa shape index (κ2) is 12.8. The highest BCUT2D eigenvalue weighted by Gasteiger charge is 2.14. The summed E-state index contributed by atoms with van der Waals surface area (Å²) in [4.78, 5) is 12.2. The van der Waals surface area contributed by atoms with Crippen LogP contribution < -0.4 is 14.9 Å². The van der Waals surface area contributed by atoms with Crippen LogP contribution in [0.3, 0.4) is 0 Å². The van der Waals surface area contributed by atoms with Crippen molar-refractivity contribution in [3.8, 4) is 0 Å². The summed E-state index contributed by atoms with van der Waals surface area (Å²) in [5.41, 5.74) is 1.00. The molecular formula is C24H31Br2N5OS. The Balaban J connectivity index is 0.000000218. The van der Waals surface area contributed by atoms with E-state index < -0.39 is 11.0 Å². The highest BCUT2D eigenvalue weighted by molar-refractivity contribution is 9.13. The molecule has 6 nitrogen and oxygen atoms in total. The normalized spacial score (nSPS) is 14.9. The van der Waals surface area contributed by atoms with Crippen molar-refractivity contribution in [3.05, 3.63) is 51.4 Å². The lowest BCUT2D eigenvalue weighted by Crippen LogP contribution is -2.19. The first-order valence-electron chi connectivity index (χ1n) is 11.1. The molecular weight excluding hydrogens is 566 g/mol. The van der Waals surface area contributed by atoms with Crippen LogP contribution in [0.1, 0.15) is 32.1 Å². The van der Waals surface area contributed by atoms with Gasteiger partial charge in [-0.1, -0.05) is 31.4 Å². The van der Waals surface area contributed by atoms with Gasteiger partial charge in [0.15, 0.2) is 0 Å². The summed E-state index contributed by atoms with van der Waals surface area (Å²) in [5.74, 6) is 2.51. The van der Waals surface area contributed by atoms with E-state index >= 15 is 0 Å². The van der Waals surface area contributed by atoms with Gasteiger partial charge in [0.2, 0.25) is 5.95 Å². The fraction of sp³-hybridized carbons (Fsp3) is 0.417. The number of nitrogens with zero attached hydrogens (tertiary/aromatic N) is 3. The Hall–Kier alpha value is -1.55. The van der Waals surface area contributed by atoms with Gasteiger partial charge in [-0.3, -0.25) is 0 Å². The first kappa shape index (κ1) is 26.1. The second-order valence-corrected chi connectivity index (χ2v) is 11.3. The molecule has 178 valence electrons. The molecule has 33 heavy (non-hydrogen) atoms. The Labute approximate surface area is 215 Å². The fourth-order valence-corrected chi connectivity index (χ4v) is 5.25. The maximum absolute atomic E-state index is 11.2. The topological polar surface area (TPSA) is 70.2 Å². The molecule has 2 aromatic carbocycles. The van der Waals surface area contributed by atoms with E-state index in [1.165, 1.54) is 32.1 Å². The number of anilines is 2. The average molecular weight is 597 g/mol. The van der Waals surface area contributed by atoms with Crippen LogP contribution in [-0.2, 0) is 11.0 Å². The van der Waals surface area contributed by atoms with Crippen LogP contribution in [0.4, 0.5) is 11.8 Å². The molecule has 1 saturated carbocycles. The third-order valence-corrected chi connectivity index (χ3v) is 8.50. The van der Waals surface area contributed by atoms with Gasteiger partial charge in [0.25, 0.3) is 0 Å². The third-order valence-electron chi connectivity index (χ3n) is 5.57. The van der Waals surface area contributed by atoms with Gasteiger partial charge in [-0.2, -0.15) is 4.98 Å². The average Bonchev–Trinajstić information content (AvgIpc) is 2.84. The van der Waals surface area contributed by atoms with Crippen molar-refractivity contribution in [3.63, 3.8) is 0 Å². The highest BCUT2D eigenvalue weighted by atomic mass is 79.9. The van der Waals surface area contributed by atoms with Gasteiger partial charge in [-0.05, 0) is 88.0 Å². The summed E-state index contributed by atoms with van der Waals surface area (Å²) >= 11 is 6.67. The van der Waals surface area contributed by atoms with Crippen LogP contribution >= 0.6 is 31.9 Å². The molecule has 0 aliphatic heterocycles. The number of nitrogens with one attached hydrogen (secondary N) is 2. The lowest BCUT2D eigenvalue weighted by molar-refractivity contribution is 0.373. The summed E-state index contributed by atoms with van der Waals surface area (Å²) in [6.07, 6.45) is 6.80. The van der Waals surface area contributed by atoms with E-state index in [0.717, 1.165) is 49.0 Å². The van der Waals surface area contributed by atoms with E-state index in [-0.39, 0.29) is 0 Å². The molecule has 0 saturated heterocycles. The monoisotopic (exact) mass is 595 g/mol. The zero-order valence-electron chi connectivity index (χ0n) is 19.3. The molecule has 1 fully saturated rings. The van der Waals surface area contributed by atoms with Crippen molar-refractivity contribution < 1.29 is 4.21 Å². The van der Waals surface area contributed by atoms with Crippen molar-refractivity contribution in [2.24, 2.45) is 5.92 Å². The molecule has 1 aromatic heterocycles. The predicted octanol–water partition coefficient (Wildman–Crippen LogP) is 6.14. The van der Waals surface area contributed by atoms with Crippen LogP contribution in [0, 0.1) is 5.92 Å². The summed E-state index contributed by atoms with van der Waals surface area (Å²) < 4.78 is 15.8. The van der Waals surface area contributed by atoms with E-state index in [1.807, 2.05) is 38.4 Å². The molecule has 0 spiro atoms. The second-order valence-electron chi connectivity index (χ2n) is 8.22. The zero-order chi connectivity index (χ0) is 23.8. The Morgan fingerprint density at radius 3 is 2.42 bits per heavy atom. The maximum atomic E-state index is 11.2. The molecule has 1 atom stereocenters. The number of hydrogen-bond donors (Lipinski definition) is 2. The van der Waals surface area contributed by atoms with E-state index in [1.54, 1.807) is 13.1 Å². The van der Waals surface area contributed by atoms with E-state index in [0.29, 0.717) is 0 Å². The number of benzene rings is 2. The molecule has 0 bridgehead atoms. The number of rotatable bonds is 6. The van der Waals surface area contributed by atoms with Gasteiger partial charge in [0.1, 0.15) is 16.8 Å². The number of aromatic nitrogens is 2. The smallest absolute Gasteiger partial charge is 0.225 e. The summed E-state index contributed by atoms with van der Waals surface area (Å²) in [6.45, 7) is 0.991. The van der Waals surface area contributed by atoms with Gasteiger partial charge in [-0.15, -0.1) is 0 Å². The zero-order valence-corrected chi connectivity index (χ0v) is 23.3. The first-order valence-corrected chi connectivity index (χ1v) is 13.8. The lowest BCUT2D eigenvalue weighted by atomic mass is 9.89. The number of para-hydroxylation sites is 1. The van der Waals surface area contributed by atoms with Crippen LogP contribution in [-0.4, -0.2) is 41.9 Å². The summed E-state index contributed by atoms with van der Waals surface area (Å²) in [6, 6.07) is 13.7. The van der Waals surface area contributed by atoms with Crippen molar-refractivity contribution in [1.29, 1.82) is 0 Å². The van der Waals surface area contributed by atoms with Crippen molar-refractivity contribution in [2.75, 3.05) is 37.9 Å². The van der Waals surface area contributed by atoms with E-state index in [2.05, 4.69) is 68.9 Å². The maximum Gasteiger partial charge on any atom is 0.225 e. The minimum Gasteiger partial charge on any atom is -0.362 e. The minimum atomic E-state index is -1.11. The van der Waals surface area contributed by atoms with Gasteiger partial charge in [0, 0.05) is 35.0 Å². The van der Waals surface area contributed by atoms with E-state index in [9.17, 15) is 4.21 Å². The van der Waals surface area contributed by atoms with Gasteiger partial charge >= 0.3 is 0 Å². The third kappa shape index (κ3) is 7.47. The predicted molar refractivity (Wildman–Crippen MR) is 146 cm³/mol. The Kier molecular flexibility index (Phi) is 10.1. The molecule has 1 aliphatic carbocycles. The van der Waals surface area contributed by atoms with Crippen molar-refractivity contribution in [1.82, 2.24) is 14.7 Å². The van der Waals surface area contributed by atoms with Crippen LogP contribution in [0.2, 0.25) is 0 Å².